The minimum atomic E-state index is -0.278. The first-order valence-corrected chi connectivity index (χ1v) is 5.70. The van der Waals surface area contributed by atoms with Crippen LogP contribution in [0.1, 0.15) is 24.7 Å². The molecule has 1 unspecified atom stereocenters. The molecule has 4 nitrogen and oxygen atoms in total. The maximum atomic E-state index is 13.1. The van der Waals surface area contributed by atoms with Crippen molar-refractivity contribution in [3.05, 3.63) is 35.9 Å². The van der Waals surface area contributed by atoms with Gasteiger partial charge in [-0.3, -0.25) is 0 Å². The van der Waals surface area contributed by atoms with Gasteiger partial charge in [0.15, 0.2) is 5.82 Å². The highest BCUT2D eigenvalue weighted by molar-refractivity contribution is 5.54. The molecular weight excluding hydrogens is 219 g/mol. The van der Waals surface area contributed by atoms with Gasteiger partial charge in [-0.2, -0.15) is 5.10 Å². The van der Waals surface area contributed by atoms with Crippen molar-refractivity contribution in [3.8, 4) is 11.4 Å². The summed E-state index contributed by atoms with van der Waals surface area (Å²) in [5, 5.41) is 4.37. The van der Waals surface area contributed by atoms with Gasteiger partial charge in [0.25, 0.3) is 0 Å². The Balaban J connectivity index is 2.05. The minimum Gasteiger partial charge on any atom is -0.321 e. The second-order valence-electron chi connectivity index (χ2n) is 4.28. The predicted octanol–water partition coefficient (Wildman–Crippen LogP) is 1.88. The molecule has 0 radical (unpaired) electrons. The molecule has 88 valence electrons. The van der Waals surface area contributed by atoms with Crippen LogP contribution in [0.15, 0.2) is 24.3 Å². The molecule has 0 spiro atoms. The van der Waals surface area contributed by atoms with Crippen LogP contribution in [0, 0.1) is 5.82 Å². The fourth-order valence-corrected chi connectivity index (χ4v) is 2.13. The van der Waals surface area contributed by atoms with E-state index in [9.17, 15) is 4.39 Å². The van der Waals surface area contributed by atoms with E-state index in [1.807, 2.05) is 4.68 Å². The second kappa shape index (κ2) is 3.92. The standard InChI is InChI=1S/C12H13FN4/c13-9-4-1-3-8(7-9)11-15-12-10(14)5-2-6-17(12)16-11/h1,3-4,7,10H,2,5-6,14H2. The van der Waals surface area contributed by atoms with Crippen LogP contribution >= 0.6 is 0 Å². The lowest BCUT2D eigenvalue weighted by Crippen LogP contribution is -2.22. The lowest BCUT2D eigenvalue weighted by atomic mass is 10.1. The smallest absolute Gasteiger partial charge is 0.181 e. The Labute approximate surface area is 98.3 Å². The summed E-state index contributed by atoms with van der Waals surface area (Å²) in [5.74, 6) is 1.08. The molecule has 2 heterocycles. The van der Waals surface area contributed by atoms with Crippen molar-refractivity contribution < 1.29 is 4.39 Å². The van der Waals surface area contributed by atoms with Crippen LogP contribution < -0.4 is 5.73 Å². The van der Waals surface area contributed by atoms with Gasteiger partial charge in [0, 0.05) is 12.1 Å². The lowest BCUT2D eigenvalue weighted by Gasteiger charge is -2.17. The number of fused-ring (bicyclic) bond motifs is 1. The highest BCUT2D eigenvalue weighted by Gasteiger charge is 2.21. The van der Waals surface area contributed by atoms with Gasteiger partial charge < -0.3 is 5.73 Å². The largest absolute Gasteiger partial charge is 0.321 e. The van der Waals surface area contributed by atoms with E-state index in [4.69, 9.17) is 5.73 Å². The summed E-state index contributed by atoms with van der Waals surface area (Å²) in [4.78, 5) is 4.40. The van der Waals surface area contributed by atoms with E-state index in [2.05, 4.69) is 10.1 Å². The van der Waals surface area contributed by atoms with Crippen molar-refractivity contribution in [2.24, 2.45) is 5.73 Å². The Bertz CT molecular complexity index is 549. The Hall–Kier alpha value is -1.75. The third-order valence-corrected chi connectivity index (χ3v) is 3.00. The summed E-state index contributed by atoms with van der Waals surface area (Å²) in [5.41, 5.74) is 6.66. The van der Waals surface area contributed by atoms with E-state index in [1.54, 1.807) is 12.1 Å². The predicted molar refractivity (Wildman–Crippen MR) is 61.6 cm³/mol. The second-order valence-corrected chi connectivity index (χ2v) is 4.28. The van der Waals surface area contributed by atoms with E-state index < -0.39 is 0 Å². The number of benzene rings is 1. The Morgan fingerprint density at radius 2 is 2.29 bits per heavy atom. The first-order chi connectivity index (χ1) is 8.24. The van der Waals surface area contributed by atoms with Gasteiger partial charge >= 0.3 is 0 Å². The summed E-state index contributed by atoms with van der Waals surface area (Å²) in [6.07, 6.45) is 1.95. The van der Waals surface area contributed by atoms with Gasteiger partial charge in [0.1, 0.15) is 11.6 Å². The fraction of sp³-hybridized carbons (Fsp3) is 0.333. The SMILES string of the molecule is NC1CCCn2nc(-c3cccc(F)c3)nc21. The molecule has 0 saturated carbocycles. The normalized spacial score (nSPS) is 19.1. The zero-order valence-corrected chi connectivity index (χ0v) is 9.31. The van der Waals surface area contributed by atoms with E-state index in [0.717, 1.165) is 25.2 Å². The van der Waals surface area contributed by atoms with E-state index in [0.29, 0.717) is 11.4 Å². The van der Waals surface area contributed by atoms with Crippen LogP contribution in [0.25, 0.3) is 11.4 Å². The Kier molecular flexibility index (Phi) is 2.40. The van der Waals surface area contributed by atoms with Crippen molar-refractivity contribution in [2.75, 3.05) is 0 Å². The van der Waals surface area contributed by atoms with Gasteiger partial charge in [0.2, 0.25) is 0 Å². The average molecular weight is 232 g/mol. The molecule has 2 aromatic rings. The molecule has 0 bridgehead atoms. The summed E-state index contributed by atoms with van der Waals surface area (Å²) in [6, 6.07) is 6.25. The number of rotatable bonds is 1. The maximum Gasteiger partial charge on any atom is 0.181 e. The van der Waals surface area contributed by atoms with E-state index in [-0.39, 0.29) is 11.9 Å². The average Bonchev–Trinajstić information content (AvgIpc) is 2.74. The van der Waals surface area contributed by atoms with Crippen LogP contribution in [-0.2, 0) is 6.54 Å². The first kappa shape index (κ1) is 10.4. The summed E-state index contributed by atoms with van der Waals surface area (Å²) >= 11 is 0. The van der Waals surface area contributed by atoms with E-state index in [1.165, 1.54) is 12.1 Å². The number of aryl methyl sites for hydroxylation is 1. The number of aromatic nitrogens is 3. The first-order valence-electron chi connectivity index (χ1n) is 5.70. The van der Waals surface area contributed by atoms with Crippen molar-refractivity contribution in [1.82, 2.24) is 14.8 Å². The van der Waals surface area contributed by atoms with Crippen molar-refractivity contribution >= 4 is 0 Å². The molecule has 0 fully saturated rings. The van der Waals surface area contributed by atoms with E-state index >= 15 is 0 Å². The third-order valence-electron chi connectivity index (χ3n) is 3.00. The molecule has 1 aliphatic rings. The Morgan fingerprint density at radius 1 is 1.41 bits per heavy atom. The monoisotopic (exact) mass is 232 g/mol. The fourth-order valence-electron chi connectivity index (χ4n) is 2.13. The van der Waals surface area contributed by atoms with Crippen LogP contribution in [0.5, 0.6) is 0 Å². The number of hydrogen-bond acceptors (Lipinski definition) is 3. The molecular formula is C12H13FN4. The molecule has 17 heavy (non-hydrogen) atoms. The summed E-state index contributed by atoms with van der Waals surface area (Å²) in [7, 11) is 0. The Morgan fingerprint density at radius 3 is 3.06 bits per heavy atom. The number of nitrogens with two attached hydrogens (primary N) is 1. The van der Waals surface area contributed by atoms with Crippen molar-refractivity contribution in [1.29, 1.82) is 0 Å². The molecule has 0 amide bonds. The van der Waals surface area contributed by atoms with Crippen LogP contribution in [0.3, 0.4) is 0 Å². The summed E-state index contributed by atoms with van der Waals surface area (Å²) < 4.78 is 15.0. The molecule has 0 saturated heterocycles. The third kappa shape index (κ3) is 1.82. The van der Waals surface area contributed by atoms with Gasteiger partial charge in [-0.05, 0) is 25.0 Å². The highest BCUT2D eigenvalue weighted by Crippen LogP contribution is 2.24. The van der Waals surface area contributed by atoms with Gasteiger partial charge in [-0.1, -0.05) is 12.1 Å². The lowest BCUT2D eigenvalue weighted by molar-refractivity contribution is 0.422. The molecule has 3 rings (SSSR count). The molecule has 1 aromatic carbocycles. The minimum absolute atomic E-state index is 0.0569. The number of nitrogens with zero attached hydrogens (tertiary/aromatic N) is 3. The van der Waals surface area contributed by atoms with Gasteiger partial charge in [0.05, 0.1) is 6.04 Å². The molecule has 0 aliphatic carbocycles. The van der Waals surface area contributed by atoms with Crippen LogP contribution in [0.4, 0.5) is 4.39 Å². The van der Waals surface area contributed by atoms with Crippen molar-refractivity contribution in [3.63, 3.8) is 0 Å². The zero-order valence-electron chi connectivity index (χ0n) is 9.31. The number of halogens is 1. The van der Waals surface area contributed by atoms with Crippen molar-refractivity contribution in [2.45, 2.75) is 25.4 Å². The highest BCUT2D eigenvalue weighted by atomic mass is 19.1. The molecule has 1 aromatic heterocycles. The van der Waals surface area contributed by atoms with Gasteiger partial charge in [-0.15, -0.1) is 0 Å². The molecule has 1 atom stereocenters. The van der Waals surface area contributed by atoms with Crippen LogP contribution in [-0.4, -0.2) is 14.8 Å². The van der Waals surface area contributed by atoms with Crippen LogP contribution in [0.2, 0.25) is 0 Å². The zero-order chi connectivity index (χ0) is 11.8. The molecule has 5 heteroatoms. The van der Waals surface area contributed by atoms with Gasteiger partial charge in [-0.25, -0.2) is 14.1 Å². The quantitative estimate of drug-likeness (QED) is 0.816. The summed E-state index contributed by atoms with van der Waals surface area (Å²) in [6.45, 7) is 0.839. The number of hydrogen-bond donors (Lipinski definition) is 1. The maximum absolute atomic E-state index is 13.1. The molecule has 1 aliphatic heterocycles. The topological polar surface area (TPSA) is 56.7 Å². The molecule has 2 N–H and O–H groups in total.